The molecule has 0 atom stereocenters. The van der Waals surface area contributed by atoms with Crippen molar-refractivity contribution in [3.63, 3.8) is 0 Å². The van der Waals surface area contributed by atoms with E-state index < -0.39 is 0 Å². The zero-order valence-electron chi connectivity index (χ0n) is 9.19. The fraction of sp³-hybridized carbons (Fsp3) is 0.455. The highest BCUT2D eigenvalue weighted by molar-refractivity contribution is 9.10. The average molecular weight is 287 g/mol. The fourth-order valence-electron chi connectivity index (χ4n) is 1.42. The molecule has 0 saturated carbocycles. The molecule has 0 aliphatic rings. The molecule has 4 nitrogen and oxygen atoms in total. The van der Waals surface area contributed by atoms with Gasteiger partial charge >= 0.3 is 0 Å². The predicted molar refractivity (Wildman–Crippen MR) is 65.2 cm³/mol. The smallest absolute Gasteiger partial charge is 0.256 e. The molecule has 1 rings (SSSR count). The molecule has 0 unspecified atom stereocenters. The largest absolute Gasteiger partial charge is 0.395 e. The molecule has 0 aliphatic heterocycles. The quantitative estimate of drug-likeness (QED) is 0.838. The van der Waals surface area contributed by atoms with Gasteiger partial charge in [0.15, 0.2) is 0 Å². The molecule has 1 amide bonds. The van der Waals surface area contributed by atoms with Crippen molar-refractivity contribution in [3.8, 4) is 0 Å². The Bertz CT molecular complexity index is 352. The molecule has 0 spiro atoms. The first-order valence-corrected chi connectivity index (χ1v) is 6.00. The summed E-state index contributed by atoms with van der Waals surface area (Å²) in [6.07, 6.45) is 2.49. The van der Waals surface area contributed by atoms with Gasteiger partial charge in [-0.25, -0.2) is 4.98 Å². The van der Waals surface area contributed by atoms with Crippen LogP contribution >= 0.6 is 15.9 Å². The summed E-state index contributed by atoms with van der Waals surface area (Å²) >= 11 is 3.25. The lowest BCUT2D eigenvalue weighted by Crippen LogP contribution is -2.34. The first kappa shape index (κ1) is 13.1. The highest BCUT2D eigenvalue weighted by Gasteiger charge is 2.17. The van der Waals surface area contributed by atoms with Crippen LogP contribution in [0.25, 0.3) is 0 Å². The van der Waals surface area contributed by atoms with Crippen LogP contribution < -0.4 is 0 Å². The van der Waals surface area contributed by atoms with Gasteiger partial charge in [-0.1, -0.05) is 6.92 Å². The van der Waals surface area contributed by atoms with Crippen molar-refractivity contribution < 1.29 is 9.90 Å². The minimum absolute atomic E-state index is 0.0242. The molecule has 1 heterocycles. The van der Waals surface area contributed by atoms with Gasteiger partial charge in [0.2, 0.25) is 0 Å². The molecule has 1 aromatic rings. The van der Waals surface area contributed by atoms with Crippen LogP contribution in [-0.4, -0.2) is 40.6 Å². The Morgan fingerprint density at radius 2 is 2.31 bits per heavy atom. The average Bonchev–Trinajstić information content (AvgIpc) is 2.28. The molecular formula is C11H15BrN2O2. The van der Waals surface area contributed by atoms with Gasteiger partial charge < -0.3 is 10.0 Å². The van der Waals surface area contributed by atoms with Crippen LogP contribution in [0.1, 0.15) is 23.7 Å². The van der Waals surface area contributed by atoms with Crippen molar-refractivity contribution in [2.75, 3.05) is 19.7 Å². The number of aromatic nitrogens is 1. The van der Waals surface area contributed by atoms with E-state index in [0.717, 1.165) is 6.42 Å². The molecule has 0 radical (unpaired) electrons. The number of halogens is 1. The zero-order chi connectivity index (χ0) is 12.0. The Morgan fingerprint density at radius 1 is 1.56 bits per heavy atom. The first-order valence-electron chi connectivity index (χ1n) is 5.21. The van der Waals surface area contributed by atoms with E-state index in [0.29, 0.717) is 23.3 Å². The van der Waals surface area contributed by atoms with E-state index in [1.807, 2.05) is 6.92 Å². The van der Waals surface area contributed by atoms with Gasteiger partial charge in [0.1, 0.15) is 4.60 Å². The van der Waals surface area contributed by atoms with E-state index in [2.05, 4.69) is 20.9 Å². The van der Waals surface area contributed by atoms with Crippen molar-refractivity contribution in [2.45, 2.75) is 13.3 Å². The fourth-order valence-corrected chi connectivity index (χ4v) is 1.84. The summed E-state index contributed by atoms with van der Waals surface area (Å²) in [6, 6.07) is 3.44. The van der Waals surface area contributed by atoms with Crippen molar-refractivity contribution in [1.29, 1.82) is 0 Å². The molecule has 1 N–H and O–H groups in total. The molecule has 1 aromatic heterocycles. The number of pyridine rings is 1. The molecule has 0 fully saturated rings. The second-order valence-corrected chi connectivity index (χ2v) is 4.11. The molecule has 0 aromatic carbocycles. The highest BCUT2D eigenvalue weighted by atomic mass is 79.9. The lowest BCUT2D eigenvalue weighted by molar-refractivity contribution is 0.0720. The summed E-state index contributed by atoms with van der Waals surface area (Å²) in [7, 11) is 0. The van der Waals surface area contributed by atoms with Crippen LogP contribution in [0.4, 0.5) is 0 Å². The highest BCUT2D eigenvalue weighted by Crippen LogP contribution is 2.15. The van der Waals surface area contributed by atoms with E-state index in [1.165, 1.54) is 0 Å². The number of hydrogen-bond acceptors (Lipinski definition) is 3. The maximum Gasteiger partial charge on any atom is 0.256 e. The van der Waals surface area contributed by atoms with Gasteiger partial charge in [-0.05, 0) is 34.5 Å². The van der Waals surface area contributed by atoms with Gasteiger partial charge in [0.25, 0.3) is 5.91 Å². The third-order valence-corrected chi connectivity index (χ3v) is 2.77. The van der Waals surface area contributed by atoms with E-state index in [-0.39, 0.29) is 12.5 Å². The topological polar surface area (TPSA) is 53.4 Å². The van der Waals surface area contributed by atoms with Crippen LogP contribution in [0.3, 0.4) is 0 Å². The zero-order valence-corrected chi connectivity index (χ0v) is 10.8. The number of amides is 1. The summed E-state index contributed by atoms with van der Waals surface area (Å²) in [5.41, 5.74) is 0.532. The maximum atomic E-state index is 12.1. The van der Waals surface area contributed by atoms with Crippen LogP contribution in [0.5, 0.6) is 0 Å². The number of carbonyl (C=O) groups is 1. The van der Waals surface area contributed by atoms with Crippen molar-refractivity contribution in [1.82, 2.24) is 9.88 Å². The van der Waals surface area contributed by atoms with Gasteiger partial charge in [0, 0.05) is 19.3 Å². The molecule has 16 heavy (non-hydrogen) atoms. The third-order valence-electron chi connectivity index (χ3n) is 2.14. The van der Waals surface area contributed by atoms with Crippen LogP contribution in [0.2, 0.25) is 0 Å². The molecule has 0 bridgehead atoms. The Hall–Kier alpha value is -0.940. The van der Waals surface area contributed by atoms with Crippen LogP contribution in [0.15, 0.2) is 22.9 Å². The monoisotopic (exact) mass is 286 g/mol. The minimum Gasteiger partial charge on any atom is -0.395 e. The number of carbonyl (C=O) groups excluding carboxylic acids is 1. The molecule has 0 aliphatic carbocycles. The summed E-state index contributed by atoms with van der Waals surface area (Å²) in [6.45, 7) is 2.97. The summed E-state index contributed by atoms with van der Waals surface area (Å²) < 4.78 is 0.541. The van der Waals surface area contributed by atoms with E-state index >= 15 is 0 Å². The minimum atomic E-state index is -0.101. The Labute approximate surface area is 103 Å². The number of rotatable bonds is 5. The van der Waals surface area contributed by atoms with Crippen LogP contribution in [-0.2, 0) is 0 Å². The van der Waals surface area contributed by atoms with E-state index in [4.69, 9.17) is 5.11 Å². The number of aliphatic hydroxyl groups is 1. The first-order chi connectivity index (χ1) is 7.70. The SMILES string of the molecule is CCCN(CCO)C(=O)c1cccnc1Br. The summed E-state index contributed by atoms with van der Waals surface area (Å²) in [5.74, 6) is -0.101. The summed E-state index contributed by atoms with van der Waals surface area (Å²) in [5, 5.41) is 8.91. The van der Waals surface area contributed by atoms with Crippen molar-refractivity contribution in [2.24, 2.45) is 0 Å². The standard InChI is InChI=1S/C11H15BrN2O2/c1-2-6-14(7-8-15)11(16)9-4-3-5-13-10(9)12/h3-5,15H,2,6-8H2,1H3. The second-order valence-electron chi connectivity index (χ2n) is 3.36. The molecule has 88 valence electrons. The van der Waals surface area contributed by atoms with Gasteiger partial charge in [-0.15, -0.1) is 0 Å². The third kappa shape index (κ3) is 3.28. The van der Waals surface area contributed by atoms with Gasteiger partial charge in [-0.2, -0.15) is 0 Å². The lowest BCUT2D eigenvalue weighted by Gasteiger charge is -2.21. The Morgan fingerprint density at radius 3 is 2.88 bits per heavy atom. The Balaban J connectivity index is 2.85. The number of nitrogens with zero attached hydrogens (tertiary/aromatic N) is 2. The van der Waals surface area contributed by atoms with Gasteiger partial charge in [0.05, 0.1) is 12.2 Å². The number of hydrogen-bond donors (Lipinski definition) is 1. The van der Waals surface area contributed by atoms with Crippen molar-refractivity contribution >= 4 is 21.8 Å². The molecule has 0 saturated heterocycles. The molecular weight excluding hydrogens is 272 g/mol. The predicted octanol–water partition coefficient (Wildman–Crippen LogP) is 1.69. The summed E-state index contributed by atoms with van der Waals surface area (Å²) in [4.78, 5) is 17.7. The van der Waals surface area contributed by atoms with Crippen molar-refractivity contribution in [3.05, 3.63) is 28.5 Å². The number of aliphatic hydroxyl groups excluding tert-OH is 1. The van der Waals surface area contributed by atoms with Crippen LogP contribution in [0, 0.1) is 0 Å². The van der Waals surface area contributed by atoms with Gasteiger partial charge in [-0.3, -0.25) is 4.79 Å². The second kappa shape index (κ2) is 6.60. The van der Waals surface area contributed by atoms with E-state index in [1.54, 1.807) is 23.2 Å². The lowest BCUT2D eigenvalue weighted by atomic mass is 10.2. The maximum absolute atomic E-state index is 12.1. The normalized spacial score (nSPS) is 10.2. The molecule has 5 heteroatoms. The Kier molecular flexibility index (Phi) is 5.42. The van der Waals surface area contributed by atoms with E-state index in [9.17, 15) is 4.79 Å².